The zero-order valence-electron chi connectivity index (χ0n) is 30.9. The minimum Gasteiger partial charge on any atom is -0.496 e. The van der Waals surface area contributed by atoms with Crippen molar-refractivity contribution in [1.29, 1.82) is 0 Å². The molecule has 0 bridgehead atoms. The van der Waals surface area contributed by atoms with Gasteiger partial charge in [0, 0.05) is 33.4 Å². The number of nitrogens with zero attached hydrogens (tertiary/aromatic N) is 2. The molecule has 8 rings (SSSR count). The van der Waals surface area contributed by atoms with E-state index in [-0.39, 0.29) is 27.5 Å². The predicted molar refractivity (Wildman–Crippen MR) is 219 cm³/mol. The zero-order valence-corrected chi connectivity index (χ0v) is 35.0. The molecule has 8 aromatic rings. The predicted octanol–water partition coefficient (Wildman–Crippen LogP) is 13.1. The molecule has 5 aromatic carbocycles. The van der Waals surface area contributed by atoms with Crippen LogP contribution in [0.1, 0.15) is 19.4 Å². The van der Waals surface area contributed by atoms with E-state index in [0.29, 0.717) is 17.1 Å². The molecule has 278 valence electrons. The summed E-state index contributed by atoms with van der Waals surface area (Å²) in [5, 5.41) is 6.48. The van der Waals surface area contributed by atoms with Gasteiger partial charge in [0.1, 0.15) is 0 Å². The van der Waals surface area contributed by atoms with E-state index in [2.05, 4.69) is 62.1 Å². The third-order valence-electron chi connectivity index (χ3n) is 9.92. The number of halogens is 3. The van der Waals surface area contributed by atoms with Gasteiger partial charge in [-0.2, -0.15) is 13.2 Å². The number of hydrogen-bond donors (Lipinski definition) is 0. The maximum absolute atomic E-state index is 13.6. The minimum atomic E-state index is -4.28. The Morgan fingerprint density at radius 1 is 0.709 bits per heavy atom. The van der Waals surface area contributed by atoms with Gasteiger partial charge in [0.15, 0.2) is 0 Å². The first kappa shape index (κ1) is 38.6. The van der Waals surface area contributed by atoms with Crippen molar-refractivity contribution in [2.75, 3.05) is 0 Å². The van der Waals surface area contributed by atoms with Gasteiger partial charge >= 0.3 is 27.2 Å². The molecule has 9 heteroatoms. The van der Waals surface area contributed by atoms with E-state index in [1.165, 1.54) is 19.0 Å². The molecule has 0 aliphatic rings. The fraction of sp³-hybridized carbons (Fsp3) is 0.174. The summed E-state index contributed by atoms with van der Waals surface area (Å²) in [5.74, 6) is 1.12. The third kappa shape index (κ3) is 7.78. The molecular weight excluding hydrogens is 909 g/mol. The van der Waals surface area contributed by atoms with Gasteiger partial charge < -0.3 is 14.7 Å². The van der Waals surface area contributed by atoms with Gasteiger partial charge in [-0.15, -0.1) is 46.7 Å². The second-order valence-corrected chi connectivity index (χ2v) is 21.5. The smallest absolute Gasteiger partial charge is 0.496 e. The number of aromatic nitrogens is 2. The average Bonchev–Trinajstić information content (AvgIpc) is 3.59. The van der Waals surface area contributed by atoms with Crippen LogP contribution in [0.4, 0.5) is 13.2 Å². The zero-order chi connectivity index (χ0) is 37.8. The van der Waals surface area contributed by atoms with Crippen LogP contribution in [-0.2, 0) is 27.5 Å². The summed E-state index contributed by atoms with van der Waals surface area (Å²) in [7, 11) is -1.82. The van der Waals surface area contributed by atoms with Crippen LogP contribution in [0.3, 0.4) is 0 Å². The number of thiophene rings is 1. The van der Waals surface area contributed by atoms with Crippen LogP contribution in [0.2, 0.25) is 19.6 Å². The Bertz CT molecular complexity index is 2680. The van der Waals surface area contributed by atoms with E-state index in [9.17, 15) is 13.2 Å². The number of hydrogen-bond acceptors (Lipinski definition) is 4. The standard InChI is InChI=1S/C46H37F3N2OSSi.Pt/c1-45(2,46(47,48)49)26-29-17-19-30(20-18-29)41-25-38-42(54(3,4)5)28-51-43(44(38)53-41)35-21-32-12-8-9-16-37(32)40(24-35)52-36-15-10-14-33(22-36)39-23-31-11-6-7-13-34(31)27-50-39;/h6-21,23,25,27-28H,26H2,1-5H3;/q-2;+2. The Labute approximate surface area is 338 Å². The minimum absolute atomic E-state index is 0. The van der Waals surface area contributed by atoms with Gasteiger partial charge in [-0.25, -0.2) is 0 Å². The third-order valence-corrected chi connectivity index (χ3v) is 13.1. The van der Waals surface area contributed by atoms with Crippen molar-refractivity contribution in [3.63, 3.8) is 0 Å². The molecule has 3 aromatic heterocycles. The molecule has 0 radical (unpaired) electrons. The summed E-state index contributed by atoms with van der Waals surface area (Å²) in [6.07, 6.45) is -0.472. The van der Waals surface area contributed by atoms with E-state index < -0.39 is 19.7 Å². The van der Waals surface area contributed by atoms with E-state index in [4.69, 9.17) is 14.7 Å². The Morgan fingerprint density at radius 3 is 2.15 bits per heavy atom. The van der Waals surface area contributed by atoms with Crippen molar-refractivity contribution in [3.8, 4) is 44.5 Å². The van der Waals surface area contributed by atoms with Crippen LogP contribution in [0.15, 0.2) is 122 Å². The maximum Gasteiger partial charge on any atom is 2.00 e. The molecular formula is C46H37F3N2OPtSSi. The van der Waals surface area contributed by atoms with Crippen molar-refractivity contribution in [3.05, 3.63) is 139 Å². The summed E-state index contributed by atoms with van der Waals surface area (Å²) in [4.78, 5) is 10.8. The number of fused-ring (bicyclic) bond motifs is 3. The Balaban J connectivity index is 0.00000465. The summed E-state index contributed by atoms with van der Waals surface area (Å²) in [6, 6.07) is 42.9. The number of benzene rings is 5. The maximum atomic E-state index is 13.6. The number of rotatable bonds is 8. The SMILES string of the molecule is CC(C)(Cc1ccc(-c2cc3c([Si](C)(C)C)cnc(-c4[c-]c(Oc5[c-]c(-c6cc7ccccc7cn6)ccc5)c5ccccc5c4)c3s2)cc1)C(F)(F)F.[Pt+2]. The van der Waals surface area contributed by atoms with Gasteiger partial charge in [-0.1, -0.05) is 135 Å². The number of ether oxygens (including phenoxy) is 1. The second kappa shape index (κ2) is 14.8. The molecule has 0 unspecified atom stereocenters. The summed E-state index contributed by atoms with van der Waals surface area (Å²) < 4.78 is 48.5. The van der Waals surface area contributed by atoms with Crippen LogP contribution >= 0.6 is 11.3 Å². The summed E-state index contributed by atoms with van der Waals surface area (Å²) in [5.41, 5.74) is 3.05. The van der Waals surface area contributed by atoms with Gasteiger partial charge in [0.05, 0.1) is 19.2 Å². The molecule has 3 heterocycles. The van der Waals surface area contributed by atoms with E-state index in [1.54, 1.807) is 11.3 Å². The first-order valence-corrected chi connectivity index (χ1v) is 22.2. The van der Waals surface area contributed by atoms with Crippen molar-refractivity contribution < 1.29 is 39.0 Å². The van der Waals surface area contributed by atoms with E-state index in [0.717, 1.165) is 64.6 Å². The van der Waals surface area contributed by atoms with Gasteiger partial charge in [0.2, 0.25) is 0 Å². The Hall–Kier alpha value is -4.62. The molecule has 0 atom stereocenters. The largest absolute Gasteiger partial charge is 2.00 e. The second-order valence-electron chi connectivity index (χ2n) is 15.4. The average molecular weight is 946 g/mol. The summed E-state index contributed by atoms with van der Waals surface area (Å²) >= 11 is 1.65. The van der Waals surface area contributed by atoms with Gasteiger partial charge in [-0.3, -0.25) is 0 Å². The van der Waals surface area contributed by atoms with Crippen molar-refractivity contribution >= 4 is 56.2 Å². The van der Waals surface area contributed by atoms with Gasteiger partial charge in [0.25, 0.3) is 0 Å². The van der Waals surface area contributed by atoms with Crippen molar-refractivity contribution in [2.24, 2.45) is 5.41 Å². The monoisotopic (exact) mass is 945 g/mol. The van der Waals surface area contributed by atoms with Crippen LogP contribution in [0, 0.1) is 17.5 Å². The van der Waals surface area contributed by atoms with Crippen LogP contribution < -0.4 is 9.92 Å². The molecule has 0 saturated carbocycles. The number of alkyl halides is 3. The molecule has 0 fully saturated rings. The van der Waals surface area contributed by atoms with Crippen molar-refractivity contribution in [1.82, 2.24) is 9.97 Å². The first-order chi connectivity index (χ1) is 25.7. The molecule has 0 spiro atoms. The van der Waals surface area contributed by atoms with Crippen LogP contribution in [0.25, 0.3) is 64.6 Å². The fourth-order valence-electron chi connectivity index (χ4n) is 6.77. The number of pyridine rings is 2. The van der Waals surface area contributed by atoms with Gasteiger partial charge in [-0.05, 0) is 50.7 Å². The fourth-order valence-corrected chi connectivity index (χ4v) is 9.51. The van der Waals surface area contributed by atoms with Crippen LogP contribution in [0.5, 0.6) is 11.5 Å². The van der Waals surface area contributed by atoms with Crippen LogP contribution in [-0.4, -0.2) is 24.2 Å². The molecule has 0 N–H and O–H groups in total. The van der Waals surface area contributed by atoms with E-state index in [1.807, 2.05) is 91.3 Å². The van der Waals surface area contributed by atoms with Crippen molar-refractivity contribution in [2.45, 2.75) is 46.1 Å². The Morgan fingerprint density at radius 2 is 1.42 bits per heavy atom. The molecule has 0 saturated heterocycles. The quantitative estimate of drug-likeness (QED) is 0.112. The summed E-state index contributed by atoms with van der Waals surface area (Å²) in [6.45, 7) is 9.43. The molecule has 0 aliphatic heterocycles. The van der Waals surface area contributed by atoms with E-state index >= 15 is 0 Å². The normalized spacial score (nSPS) is 12.3. The first-order valence-electron chi connectivity index (χ1n) is 17.8. The molecule has 55 heavy (non-hydrogen) atoms. The topological polar surface area (TPSA) is 35.0 Å². The molecule has 3 nitrogen and oxygen atoms in total. The molecule has 0 aliphatic carbocycles. The molecule has 0 amide bonds. The Kier molecular flexibility index (Phi) is 10.4.